The summed E-state index contributed by atoms with van der Waals surface area (Å²) in [6, 6.07) is 4.89. The number of carbonyl (C=O) groups is 1. The fraction of sp³-hybridized carbons (Fsp3) is 0.308. The summed E-state index contributed by atoms with van der Waals surface area (Å²) in [7, 11) is 0. The summed E-state index contributed by atoms with van der Waals surface area (Å²) < 4.78 is 5.24. The van der Waals surface area contributed by atoms with E-state index in [1.54, 1.807) is 25.1 Å². The van der Waals surface area contributed by atoms with Gasteiger partial charge >= 0.3 is 0 Å². The Morgan fingerprint density at radius 1 is 1.67 bits per heavy atom. The summed E-state index contributed by atoms with van der Waals surface area (Å²) in [5.41, 5.74) is 0.684. The Kier molecular flexibility index (Phi) is 5.50. The molecule has 0 aliphatic heterocycles. The highest BCUT2D eigenvalue weighted by Gasteiger charge is 2.08. The zero-order chi connectivity index (χ0) is 13.5. The standard InChI is InChI=1S/C13H14ClNO3/c1-3-6-15-13(17)8-18-12-5-4-10(9(2)16)7-11(12)14/h1,4-5,7,9,16H,6,8H2,2H3,(H,15,17)/t9-/m0/s1. The van der Waals surface area contributed by atoms with Gasteiger partial charge in [0.1, 0.15) is 5.75 Å². The first-order chi connectivity index (χ1) is 8.54. The lowest BCUT2D eigenvalue weighted by atomic mass is 10.1. The number of terminal acetylenes is 1. The van der Waals surface area contributed by atoms with E-state index in [4.69, 9.17) is 22.8 Å². The first kappa shape index (κ1) is 14.4. The van der Waals surface area contributed by atoms with Gasteiger partial charge in [0, 0.05) is 0 Å². The molecule has 1 aromatic carbocycles. The number of halogens is 1. The van der Waals surface area contributed by atoms with Crippen molar-refractivity contribution in [2.24, 2.45) is 0 Å². The molecule has 0 unspecified atom stereocenters. The van der Waals surface area contributed by atoms with Gasteiger partial charge in [0.05, 0.1) is 17.7 Å². The van der Waals surface area contributed by atoms with Crippen LogP contribution in [0.5, 0.6) is 5.75 Å². The highest BCUT2D eigenvalue weighted by atomic mass is 35.5. The number of aliphatic hydroxyl groups excluding tert-OH is 1. The van der Waals surface area contributed by atoms with Crippen LogP contribution >= 0.6 is 11.6 Å². The molecule has 0 aliphatic carbocycles. The lowest BCUT2D eigenvalue weighted by Gasteiger charge is -2.10. The maximum absolute atomic E-state index is 11.2. The Balaban J connectivity index is 2.58. The van der Waals surface area contributed by atoms with Crippen LogP contribution in [0.3, 0.4) is 0 Å². The van der Waals surface area contributed by atoms with Crippen LogP contribution in [0.15, 0.2) is 18.2 Å². The number of hydrogen-bond donors (Lipinski definition) is 2. The highest BCUT2D eigenvalue weighted by Crippen LogP contribution is 2.27. The average molecular weight is 268 g/mol. The molecule has 0 aromatic heterocycles. The quantitative estimate of drug-likeness (QED) is 0.796. The Labute approximate surface area is 111 Å². The van der Waals surface area contributed by atoms with E-state index in [0.29, 0.717) is 16.3 Å². The van der Waals surface area contributed by atoms with Crippen molar-refractivity contribution >= 4 is 17.5 Å². The molecule has 1 rings (SSSR count). The smallest absolute Gasteiger partial charge is 0.258 e. The second-order valence-corrected chi connectivity index (χ2v) is 4.04. The van der Waals surface area contributed by atoms with Crippen LogP contribution in [0.4, 0.5) is 0 Å². The minimum Gasteiger partial charge on any atom is -0.482 e. The first-order valence-corrected chi connectivity index (χ1v) is 5.73. The van der Waals surface area contributed by atoms with Crippen molar-refractivity contribution < 1.29 is 14.6 Å². The van der Waals surface area contributed by atoms with Gasteiger partial charge in [-0.05, 0) is 24.6 Å². The van der Waals surface area contributed by atoms with Crippen LogP contribution in [0.25, 0.3) is 0 Å². The van der Waals surface area contributed by atoms with E-state index >= 15 is 0 Å². The van der Waals surface area contributed by atoms with E-state index in [2.05, 4.69) is 11.2 Å². The number of hydrogen-bond acceptors (Lipinski definition) is 3. The van der Waals surface area contributed by atoms with Crippen molar-refractivity contribution in [3.63, 3.8) is 0 Å². The predicted molar refractivity (Wildman–Crippen MR) is 69.4 cm³/mol. The van der Waals surface area contributed by atoms with Gasteiger partial charge in [-0.15, -0.1) is 6.42 Å². The van der Waals surface area contributed by atoms with Gasteiger partial charge in [0.25, 0.3) is 5.91 Å². The molecule has 18 heavy (non-hydrogen) atoms. The molecular weight excluding hydrogens is 254 g/mol. The molecule has 1 aromatic rings. The molecule has 0 radical (unpaired) electrons. The van der Waals surface area contributed by atoms with Crippen molar-refractivity contribution in [2.75, 3.05) is 13.2 Å². The normalized spacial score (nSPS) is 11.4. The number of aliphatic hydroxyl groups is 1. The maximum Gasteiger partial charge on any atom is 0.258 e. The van der Waals surface area contributed by atoms with Crippen LogP contribution in [-0.4, -0.2) is 24.2 Å². The van der Waals surface area contributed by atoms with Crippen LogP contribution in [0, 0.1) is 12.3 Å². The van der Waals surface area contributed by atoms with Gasteiger partial charge in [0.15, 0.2) is 6.61 Å². The molecular formula is C13H14ClNO3. The Morgan fingerprint density at radius 2 is 2.39 bits per heavy atom. The SMILES string of the molecule is C#CCNC(=O)COc1ccc([C@H](C)O)cc1Cl. The van der Waals surface area contributed by atoms with Crippen molar-refractivity contribution in [1.29, 1.82) is 0 Å². The van der Waals surface area contributed by atoms with Gasteiger partial charge in [-0.1, -0.05) is 23.6 Å². The predicted octanol–water partition coefficient (Wildman–Crippen LogP) is 1.52. The van der Waals surface area contributed by atoms with E-state index in [9.17, 15) is 9.90 Å². The Hall–Kier alpha value is -1.70. The Bertz CT molecular complexity index is 466. The molecule has 0 saturated heterocycles. The molecule has 0 fully saturated rings. The van der Waals surface area contributed by atoms with Crippen LogP contribution in [0.2, 0.25) is 5.02 Å². The third kappa shape index (κ3) is 4.28. The first-order valence-electron chi connectivity index (χ1n) is 5.35. The summed E-state index contributed by atoms with van der Waals surface area (Å²) in [6.07, 6.45) is 4.40. The number of benzene rings is 1. The maximum atomic E-state index is 11.2. The van der Waals surface area contributed by atoms with Gasteiger partial charge in [-0.25, -0.2) is 0 Å². The summed E-state index contributed by atoms with van der Waals surface area (Å²) in [5.74, 6) is 2.36. The monoisotopic (exact) mass is 267 g/mol. The zero-order valence-corrected chi connectivity index (χ0v) is 10.7. The van der Waals surface area contributed by atoms with Crippen molar-refractivity contribution in [3.05, 3.63) is 28.8 Å². The van der Waals surface area contributed by atoms with E-state index < -0.39 is 6.10 Å². The molecule has 0 saturated carbocycles. The lowest BCUT2D eigenvalue weighted by Crippen LogP contribution is -2.29. The number of amides is 1. The summed E-state index contributed by atoms with van der Waals surface area (Å²) in [4.78, 5) is 11.2. The van der Waals surface area contributed by atoms with E-state index in [-0.39, 0.29) is 19.1 Å². The second-order valence-electron chi connectivity index (χ2n) is 3.64. The van der Waals surface area contributed by atoms with Crippen LogP contribution in [0.1, 0.15) is 18.6 Å². The van der Waals surface area contributed by atoms with Crippen molar-refractivity contribution in [1.82, 2.24) is 5.32 Å². The molecule has 1 amide bonds. The van der Waals surface area contributed by atoms with Gasteiger partial charge in [-0.3, -0.25) is 4.79 Å². The van der Waals surface area contributed by atoms with Gasteiger partial charge in [-0.2, -0.15) is 0 Å². The second kappa shape index (κ2) is 6.90. The molecule has 0 heterocycles. The minimum atomic E-state index is -0.601. The molecule has 1 atom stereocenters. The van der Waals surface area contributed by atoms with E-state index in [1.165, 1.54) is 0 Å². The fourth-order valence-corrected chi connectivity index (χ4v) is 1.48. The molecule has 96 valence electrons. The molecule has 0 spiro atoms. The molecule has 4 nitrogen and oxygen atoms in total. The number of ether oxygens (including phenoxy) is 1. The summed E-state index contributed by atoms with van der Waals surface area (Å²) >= 11 is 5.96. The van der Waals surface area contributed by atoms with Crippen LogP contribution in [-0.2, 0) is 4.79 Å². The largest absolute Gasteiger partial charge is 0.482 e. The highest BCUT2D eigenvalue weighted by molar-refractivity contribution is 6.32. The third-order valence-electron chi connectivity index (χ3n) is 2.18. The van der Waals surface area contributed by atoms with Crippen molar-refractivity contribution in [2.45, 2.75) is 13.0 Å². The number of rotatable bonds is 5. The molecule has 0 aliphatic rings. The number of carbonyl (C=O) groups excluding carboxylic acids is 1. The molecule has 5 heteroatoms. The minimum absolute atomic E-state index is 0.157. The summed E-state index contributed by atoms with van der Waals surface area (Å²) in [6.45, 7) is 1.64. The number of nitrogens with one attached hydrogen (secondary N) is 1. The lowest BCUT2D eigenvalue weighted by molar-refractivity contribution is -0.122. The average Bonchev–Trinajstić information content (AvgIpc) is 2.34. The van der Waals surface area contributed by atoms with Crippen LogP contribution < -0.4 is 10.1 Å². The van der Waals surface area contributed by atoms with Gasteiger partial charge in [0.2, 0.25) is 0 Å². The Morgan fingerprint density at radius 3 is 2.94 bits per heavy atom. The third-order valence-corrected chi connectivity index (χ3v) is 2.48. The van der Waals surface area contributed by atoms with E-state index in [0.717, 1.165) is 0 Å². The molecule has 0 bridgehead atoms. The van der Waals surface area contributed by atoms with E-state index in [1.807, 2.05) is 0 Å². The topological polar surface area (TPSA) is 58.6 Å². The van der Waals surface area contributed by atoms with Gasteiger partial charge < -0.3 is 15.2 Å². The fourth-order valence-electron chi connectivity index (χ4n) is 1.24. The molecule has 2 N–H and O–H groups in total. The van der Waals surface area contributed by atoms with Crippen molar-refractivity contribution in [3.8, 4) is 18.1 Å². The summed E-state index contributed by atoms with van der Waals surface area (Å²) in [5, 5.41) is 12.2. The zero-order valence-electron chi connectivity index (χ0n) is 9.94.